The van der Waals surface area contributed by atoms with E-state index in [0.29, 0.717) is 26.1 Å². The van der Waals surface area contributed by atoms with Gasteiger partial charge in [0.25, 0.3) is 0 Å². The molecular formula is C10H18O4. The fraction of sp³-hybridized carbons (Fsp3) is 0.900. The van der Waals surface area contributed by atoms with Gasteiger partial charge in [-0.05, 0) is 25.7 Å². The average Bonchev–Trinajstić information content (AvgIpc) is 2.11. The van der Waals surface area contributed by atoms with Crippen molar-refractivity contribution in [3.05, 3.63) is 0 Å². The second-order valence-electron chi connectivity index (χ2n) is 3.48. The van der Waals surface area contributed by atoms with Gasteiger partial charge >= 0.3 is 5.97 Å². The number of aliphatic hydroxyl groups is 1. The van der Waals surface area contributed by atoms with Gasteiger partial charge in [0.05, 0.1) is 13.2 Å². The van der Waals surface area contributed by atoms with E-state index in [1.165, 1.54) is 6.42 Å². The quantitative estimate of drug-likeness (QED) is 0.491. The van der Waals surface area contributed by atoms with E-state index in [2.05, 4.69) is 0 Å². The summed E-state index contributed by atoms with van der Waals surface area (Å²) in [7, 11) is 0. The van der Waals surface area contributed by atoms with Crippen molar-refractivity contribution < 1.29 is 19.4 Å². The van der Waals surface area contributed by atoms with Crippen LogP contribution in [0.25, 0.3) is 0 Å². The highest BCUT2D eigenvalue weighted by atomic mass is 16.5. The molecule has 1 rings (SSSR count). The normalized spacial score (nSPS) is 16.4. The molecule has 14 heavy (non-hydrogen) atoms. The van der Waals surface area contributed by atoms with Crippen molar-refractivity contribution >= 4 is 5.97 Å². The summed E-state index contributed by atoms with van der Waals surface area (Å²) in [5, 5.41) is 8.42. The van der Waals surface area contributed by atoms with Crippen LogP contribution in [0.3, 0.4) is 0 Å². The molecule has 0 aromatic heterocycles. The number of rotatable bonds is 7. The maximum absolute atomic E-state index is 11.2. The van der Waals surface area contributed by atoms with E-state index < -0.39 is 0 Å². The Morgan fingerprint density at radius 1 is 1.36 bits per heavy atom. The highest BCUT2D eigenvalue weighted by molar-refractivity contribution is 5.69. The lowest BCUT2D eigenvalue weighted by molar-refractivity contribution is -0.153. The Labute approximate surface area is 84.2 Å². The monoisotopic (exact) mass is 202 g/mol. The number of hydrogen-bond donors (Lipinski definition) is 1. The van der Waals surface area contributed by atoms with Crippen LogP contribution in [0.4, 0.5) is 0 Å². The largest absolute Gasteiger partial charge is 0.462 e. The molecule has 1 N–H and O–H groups in total. The standard InChI is InChI=1S/C10H18O4/c11-6-8-13-7-2-5-10(12)14-9-3-1-4-9/h9,11H,1-8H2. The number of carbonyl (C=O) groups is 1. The molecule has 1 fully saturated rings. The van der Waals surface area contributed by atoms with Crippen LogP contribution in [0.2, 0.25) is 0 Å². The van der Waals surface area contributed by atoms with E-state index in [-0.39, 0.29) is 18.7 Å². The molecule has 0 spiro atoms. The summed E-state index contributed by atoms with van der Waals surface area (Å²) >= 11 is 0. The van der Waals surface area contributed by atoms with E-state index >= 15 is 0 Å². The first-order valence-corrected chi connectivity index (χ1v) is 5.21. The van der Waals surface area contributed by atoms with Crippen LogP contribution in [-0.4, -0.2) is 37.0 Å². The highest BCUT2D eigenvalue weighted by Crippen LogP contribution is 2.22. The molecule has 1 aliphatic carbocycles. The summed E-state index contributed by atoms with van der Waals surface area (Å²) in [6.45, 7) is 0.893. The molecule has 1 saturated carbocycles. The Morgan fingerprint density at radius 3 is 2.71 bits per heavy atom. The molecule has 0 unspecified atom stereocenters. The first-order valence-electron chi connectivity index (χ1n) is 5.21. The Kier molecular flexibility index (Phi) is 5.56. The van der Waals surface area contributed by atoms with Crippen LogP contribution in [0.15, 0.2) is 0 Å². The van der Waals surface area contributed by atoms with Crippen molar-refractivity contribution in [2.75, 3.05) is 19.8 Å². The van der Waals surface area contributed by atoms with Crippen molar-refractivity contribution in [1.82, 2.24) is 0 Å². The van der Waals surface area contributed by atoms with Gasteiger partial charge < -0.3 is 14.6 Å². The van der Waals surface area contributed by atoms with Crippen molar-refractivity contribution in [3.63, 3.8) is 0 Å². The zero-order valence-corrected chi connectivity index (χ0v) is 8.41. The Hall–Kier alpha value is -0.610. The van der Waals surface area contributed by atoms with Crippen molar-refractivity contribution in [3.8, 4) is 0 Å². The first-order chi connectivity index (χ1) is 6.83. The summed E-state index contributed by atoms with van der Waals surface area (Å²) in [6, 6.07) is 0. The second-order valence-corrected chi connectivity index (χ2v) is 3.48. The topological polar surface area (TPSA) is 55.8 Å². The molecule has 0 aliphatic heterocycles. The number of carbonyl (C=O) groups excluding carboxylic acids is 1. The lowest BCUT2D eigenvalue weighted by atomic mass is 9.96. The molecule has 4 heteroatoms. The third-order valence-electron chi connectivity index (χ3n) is 2.26. The summed E-state index contributed by atoms with van der Waals surface area (Å²) in [6.07, 6.45) is 4.49. The Morgan fingerprint density at radius 2 is 2.14 bits per heavy atom. The van der Waals surface area contributed by atoms with Crippen LogP contribution in [0.5, 0.6) is 0 Å². The summed E-state index contributed by atoms with van der Waals surface area (Å²) in [5.41, 5.74) is 0. The van der Waals surface area contributed by atoms with E-state index in [0.717, 1.165) is 12.8 Å². The van der Waals surface area contributed by atoms with Gasteiger partial charge in [-0.1, -0.05) is 0 Å². The number of aliphatic hydroxyl groups excluding tert-OH is 1. The Balaban J connectivity index is 1.87. The minimum absolute atomic E-state index is 0.0342. The zero-order chi connectivity index (χ0) is 10.2. The minimum Gasteiger partial charge on any atom is -0.462 e. The van der Waals surface area contributed by atoms with Crippen molar-refractivity contribution in [2.45, 2.75) is 38.2 Å². The third-order valence-corrected chi connectivity index (χ3v) is 2.26. The smallest absolute Gasteiger partial charge is 0.306 e. The van der Waals surface area contributed by atoms with E-state index in [1.807, 2.05) is 0 Å². The van der Waals surface area contributed by atoms with Gasteiger partial charge in [-0.3, -0.25) is 4.79 Å². The van der Waals surface area contributed by atoms with Gasteiger partial charge in [0, 0.05) is 13.0 Å². The molecule has 0 amide bonds. The van der Waals surface area contributed by atoms with E-state index in [4.69, 9.17) is 14.6 Å². The molecule has 0 aromatic carbocycles. The first kappa shape index (κ1) is 11.5. The summed E-state index contributed by atoms with van der Waals surface area (Å²) in [5.74, 6) is -0.123. The molecular weight excluding hydrogens is 184 g/mol. The molecule has 0 atom stereocenters. The van der Waals surface area contributed by atoms with Crippen LogP contribution >= 0.6 is 0 Å². The summed E-state index contributed by atoms with van der Waals surface area (Å²) < 4.78 is 10.2. The summed E-state index contributed by atoms with van der Waals surface area (Å²) in [4.78, 5) is 11.2. The van der Waals surface area contributed by atoms with Gasteiger partial charge in [0.1, 0.15) is 6.10 Å². The molecule has 0 bridgehead atoms. The molecule has 0 radical (unpaired) electrons. The predicted octanol–water partition coefficient (Wildman–Crippen LogP) is 0.871. The molecule has 0 heterocycles. The number of hydrogen-bond acceptors (Lipinski definition) is 4. The van der Waals surface area contributed by atoms with Crippen LogP contribution < -0.4 is 0 Å². The maximum Gasteiger partial charge on any atom is 0.306 e. The average molecular weight is 202 g/mol. The Bertz CT molecular complexity index is 166. The van der Waals surface area contributed by atoms with Crippen molar-refractivity contribution in [2.24, 2.45) is 0 Å². The molecule has 1 aliphatic rings. The van der Waals surface area contributed by atoms with Gasteiger partial charge in [-0.25, -0.2) is 0 Å². The van der Waals surface area contributed by atoms with Gasteiger partial charge in [-0.2, -0.15) is 0 Å². The number of ether oxygens (including phenoxy) is 2. The molecule has 0 aromatic rings. The van der Waals surface area contributed by atoms with E-state index in [9.17, 15) is 4.79 Å². The third kappa shape index (κ3) is 4.58. The highest BCUT2D eigenvalue weighted by Gasteiger charge is 2.21. The zero-order valence-electron chi connectivity index (χ0n) is 8.41. The van der Waals surface area contributed by atoms with Crippen LogP contribution in [0.1, 0.15) is 32.1 Å². The molecule has 82 valence electrons. The SMILES string of the molecule is O=C(CCCOCCO)OC1CCC1. The lowest BCUT2D eigenvalue weighted by Gasteiger charge is -2.25. The van der Waals surface area contributed by atoms with Crippen LogP contribution in [-0.2, 0) is 14.3 Å². The second kappa shape index (κ2) is 6.79. The fourth-order valence-electron chi connectivity index (χ4n) is 1.22. The lowest BCUT2D eigenvalue weighted by Crippen LogP contribution is -2.25. The van der Waals surface area contributed by atoms with Gasteiger partial charge in [-0.15, -0.1) is 0 Å². The van der Waals surface area contributed by atoms with Gasteiger partial charge in [0.2, 0.25) is 0 Å². The minimum atomic E-state index is -0.123. The van der Waals surface area contributed by atoms with E-state index in [1.54, 1.807) is 0 Å². The van der Waals surface area contributed by atoms with Crippen LogP contribution in [0, 0.1) is 0 Å². The maximum atomic E-state index is 11.2. The predicted molar refractivity (Wildman–Crippen MR) is 50.9 cm³/mol. The number of esters is 1. The molecule has 0 saturated heterocycles. The van der Waals surface area contributed by atoms with Gasteiger partial charge in [0.15, 0.2) is 0 Å². The molecule has 4 nitrogen and oxygen atoms in total. The fourth-order valence-corrected chi connectivity index (χ4v) is 1.22. The van der Waals surface area contributed by atoms with Crippen molar-refractivity contribution in [1.29, 1.82) is 0 Å².